The smallest absolute Gasteiger partial charge is 0.0787 e. The summed E-state index contributed by atoms with van der Waals surface area (Å²) >= 11 is 6.00. The summed E-state index contributed by atoms with van der Waals surface area (Å²) in [7, 11) is 2.05. The molecule has 2 rings (SSSR count). The Kier molecular flexibility index (Phi) is 5.05. The van der Waals surface area contributed by atoms with Gasteiger partial charge in [-0.1, -0.05) is 42.8 Å². The molecule has 3 heteroatoms. The molecule has 0 heterocycles. The van der Waals surface area contributed by atoms with Crippen LogP contribution in [0.5, 0.6) is 0 Å². The van der Waals surface area contributed by atoms with Gasteiger partial charge in [0.1, 0.15) is 0 Å². The Morgan fingerprint density at radius 3 is 2.45 bits per heavy atom. The minimum atomic E-state index is -0.373. The summed E-state index contributed by atoms with van der Waals surface area (Å²) in [6.45, 7) is 2.78. The van der Waals surface area contributed by atoms with E-state index in [0.29, 0.717) is 0 Å². The van der Waals surface area contributed by atoms with Crippen LogP contribution >= 0.6 is 11.6 Å². The number of hydrogen-bond acceptors (Lipinski definition) is 2. The molecule has 0 bridgehead atoms. The molecule has 0 aliphatic carbocycles. The standard InChI is InChI=1S/C17H20ClNO/c1-3-17(20)14-7-9-16(10-8-14)19(2)12-13-5-4-6-15(18)11-13/h4-11,17,20H,3,12H2,1-2H3/t17-/m1/s1. The van der Waals surface area contributed by atoms with E-state index in [0.717, 1.165) is 29.2 Å². The first-order valence-electron chi connectivity index (χ1n) is 6.83. The van der Waals surface area contributed by atoms with Gasteiger partial charge in [-0.25, -0.2) is 0 Å². The highest BCUT2D eigenvalue weighted by atomic mass is 35.5. The van der Waals surface area contributed by atoms with Crippen molar-refractivity contribution in [3.05, 3.63) is 64.7 Å². The molecule has 1 N–H and O–H groups in total. The fourth-order valence-electron chi connectivity index (χ4n) is 2.19. The van der Waals surface area contributed by atoms with Gasteiger partial charge in [0.25, 0.3) is 0 Å². The van der Waals surface area contributed by atoms with Crippen LogP contribution in [0, 0.1) is 0 Å². The van der Waals surface area contributed by atoms with Gasteiger partial charge in [0.05, 0.1) is 6.10 Å². The SMILES string of the molecule is CC[C@@H](O)c1ccc(N(C)Cc2cccc(Cl)c2)cc1. The van der Waals surface area contributed by atoms with Crippen LogP contribution in [0.2, 0.25) is 5.02 Å². The summed E-state index contributed by atoms with van der Waals surface area (Å²) in [5, 5.41) is 10.6. The van der Waals surface area contributed by atoms with Gasteiger partial charge in [-0.15, -0.1) is 0 Å². The lowest BCUT2D eigenvalue weighted by Crippen LogP contribution is -2.16. The molecule has 106 valence electrons. The third kappa shape index (κ3) is 3.75. The Balaban J connectivity index is 2.07. The Morgan fingerprint density at radius 1 is 1.15 bits per heavy atom. The van der Waals surface area contributed by atoms with Gasteiger partial charge in [-0.05, 0) is 41.8 Å². The van der Waals surface area contributed by atoms with Crippen LogP contribution in [0.3, 0.4) is 0 Å². The summed E-state index contributed by atoms with van der Waals surface area (Å²) in [6, 6.07) is 15.9. The second-order valence-corrected chi connectivity index (χ2v) is 5.44. The molecule has 0 amide bonds. The van der Waals surface area contributed by atoms with Crippen molar-refractivity contribution in [3.8, 4) is 0 Å². The molecular formula is C17H20ClNO. The first-order chi connectivity index (χ1) is 9.60. The van der Waals surface area contributed by atoms with Gasteiger partial charge < -0.3 is 10.0 Å². The summed E-state index contributed by atoms with van der Waals surface area (Å²) in [5.41, 5.74) is 3.27. The molecule has 2 aromatic carbocycles. The number of aliphatic hydroxyl groups is 1. The predicted octanol–water partition coefficient (Wildman–Crippen LogP) is 4.42. The van der Waals surface area contributed by atoms with Crippen molar-refractivity contribution in [1.29, 1.82) is 0 Å². The number of nitrogens with zero attached hydrogens (tertiary/aromatic N) is 1. The van der Waals surface area contributed by atoms with Crippen molar-refractivity contribution < 1.29 is 5.11 Å². The van der Waals surface area contributed by atoms with Crippen LogP contribution in [-0.4, -0.2) is 12.2 Å². The van der Waals surface area contributed by atoms with E-state index in [1.807, 2.05) is 56.4 Å². The van der Waals surface area contributed by atoms with Crippen molar-refractivity contribution >= 4 is 17.3 Å². The molecule has 0 radical (unpaired) electrons. The monoisotopic (exact) mass is 289 g/mol. The van der Waals surface area contributed by atoms with Crippen LogP contribution in [-0.2, 0) is 6.54 Å². The fraction of sp³-hybridized carbons (Fsp3) is 0.294. The molecule has 2 nitrogen and oxygen atoms in total. The first-order valence-corrected chi connectivity index (χ1v) is 7.21. The third-order valence-electron chi connectivity index (χ3n) is 3.41. The van der Waals surface area contributed by atoms with Crippen LogP contribution < -0.4 is 4.90 Å². The molecule has 0 spiro atoms. The first kappa shape index (κ1) is 14.9. The summed E-state index contributed by atoms with van der Waals surface area (Å²) in [6.07, 6.45) is 0.361. The van der Waals surface area contributed by atoms with Crippen molar-refractivity contribution in [1.82, 2.24) is 0 Å². The molecule has 0 saturated carbocycles. The van der Waals surface area contributed by atoms with Crippen molar-refractivity contribution in [2.75, 3.05) is 11.9 Å². The van der Waals surface area contributed by atoms with E-state index >= 15 is 0 Å². The molecule has 0 unspecified atom stereocenters. The second-order valence-electron chi connectivity index (χ2n) is 5.00. The number of anilines is 1. The number of benzene rings is 2. The van der Waals surface area contributed by atoms with Gasteiger partial charge in [0.15, 0.2) is 0 Å². The van der Waals surface area contributed by atoms with E-state index in [-0.39, 0.29) is 6.10 Å². The zero-order valence-corrected chi connectivity index (χ0v) is 12.6. The molecule has 0 fully saturated rings. The Bertz CT molecular complexity index is 553. The third-order valence-corrected chi connectivity index (χ3v) is 3.65. The maximum Gasteiger partial charge on any atom is 0.0787 e. The lowest BCUT2D eigenvalue weighted by molar-refractivity contribution is 0.173. The molecule has 0 aliphatic rings. The van der Waals surface area contributed by atoms with Gasteiger partial charge in [0, 0.05) is 24.3 Å². The van der Waals surface area contributed by atoms with Gasteiger partial charge in [-0.2, -0.15) is 0 Å². The molecule has 20 heavy (non-hydrogen) atoms. The van der Waals surface area contributed by atoms with E-state index in [4.69, 9.17) is 11.6 Å². The van der Waals surface area contributed by atoms with Crippen molar-refractivity contribution in [2.45, 2.75) is 26.0 Å². The Morgan fingerprint density at radius 2 is 1.85 bits per heavy atom. The number of halogens is 1. The van der Waals surface area contributed by atoms with Crippen molar-refractivity contribution in [3.63, 3.8) is 0 Å². The van der Waals surface area contributed by atoms with E-state index < -0.39 is 0 Å². The number of rotatable bonds is 5. The van der Waals surface area contributed by atoms with Gasteiger partial charge in [0.2, 0.25) is 0 Å². The van der Waals surface area contributed by atoms with Crippen LogP contribution in [0.4, 0.5) is 5.69 Å². The highest BCUT2D eigenvalue weighted by Gasteiger charge is 2.06. The minimum absolute atomic E-state index is 0.373. The Hall–Kier alpha value is -1.51. The molecule has 1 atom stereocenters. The average molecular weight is 290 g/mol. The zero-order chi connectivity index (χ0) is 14.5. The largest absolute Gasteiger partial charge is 0.388 e. The molecule has 0 saturated heterocycles. The quantitative estimate of drug-likeness (QED) is 0.881. The average Bonchev–Trinajstić information content (AvgIpc) is 2.46. The van der Waals surface area contributed by atoms with E-state index in [2.05, 4.69) is 11.0 Å². The van der Waals surface area contributed by atoms with Crippen LogP contribution in [0.25, 0.3) is 0 Å². The lowest BCUT2D eigenvalue weighted by atomic mass is 10.1. The van der Waals surface area contributed by atoms with E-state index in [1.165, 1.54) is 5.56 Å². The summed E-state index contributed by atoms with van der Waals surface area (Å²) in [4.78, 5) is 2.16. The van der Waals surface area contributed by atoms with Gasteiger partial charge in [-0.3, -0.25) is 0 Å². The second kappa shape index (κ2) is 6.78. The van der Waals surface area contributed by atoms with Crippen LogP contribution in [0.15, 0.2) is 48.5 Å². The number of hydrogen-bond donors (Lipinski definition) is 1. The van der Waals surface area contributed by atoms with E-state index in [9.17, 15) is 5.11 Å². The normalized spacial score (nSPS) is 12.2. The van der Waals surface area contributed by atoms with E-state index in [1.54, 1.807) is 0 Å². The molecule has 2 aromatic rings. The maximum atomic E-state index is 9.80. The minimum Gasteiger partial charge on any atom is -0.388 e. The lowest BCUT2D eigenvalue weighted by Gasteiger charge is -2.20. The topological polar surface area (TPSA) is 23.5 Å². The predicted molar refractivity (Wildman–Crippen MR) is 85.3 cm³/mol. The van der Waals surface area contributed by atoms with Crippen LogP contribution in [0.1, 0.15) is 30.6 Å². The van der Waals surface area contributed by atoms with Gasteiger partial charge >= 0.3 is 0 Å². The fourth-order valence-corrected chi connectivity index (χ4v) is 2.40. The molecular weight excluding hydrogens is 270 g/mol. The zero-order valence-electron chi connectivity index (χ0n) is 11.9. The summed E-state index contributed by atoms with van der Waals surface area (Å²) < 4.78 is 0. The molecule has 0 aliphatic heterocycles. The van der Waals surface area contributed by atoms with Crippen molar-refractivity contribution in [2.24, 2.45) is 0 Å². The number of aliphatic hydroxyl groups excluding tert-OH is 1. The highest BCUT2D eigenvalue weighted by Crippen LogP contribution is 2.22. The summed E-state index contributed by atoms with van der Waals surface area (Å²) in [5.74, 6) is 0. The maximum absolute atomic E-state index is 9.80. The molecule has 0 aromatic heterocycles. The highest BCUT2D eigenvalue weighted by molar-refractivity contribution is 6.30. The Labute approximate surface area is 125 Å².